The first-order valence-electron chi connectivity index (χ1n) is 10.8. The molecule has 1 aliphatic heterocycles. The van der Waals surface area contributed by atoms with Crippen LogP contribution in [0.3, 0.4) is 0 Å². The number of nitrogen functional groups attached to an aromatic ring is 1. The molecule has 0 aliphatic carbocycles. The molecule has 0 bridgehead atoms. The van der Waals surface area contributed by atoms with Crippen LogP contribution in [0, 0.1) is 12.7 Å². The average molecular weight is 537 g/mol. The number of rotatable bonds is 7. The lowest BCUT2D eigenvalue weighted by Gasteiger charge is -2.39. The van der Waals surface area contributed by atoms with Gasteiger partial charge in [-0.3, -0.25) is 9.59 Å². The Morgan fingerprint density at radius 3 is 2.89 bits per heavy atom. The largest absolute Gasteiger partial charge is 0.492 e. The maximum Gasteiger partial charge on any atom is 0.246 e. The number of hydrogen-bond donors (Lipinski definition) is 1. The van der Waals surface area contributed by atoms with Gasteiger partial charge >= 0.3 is 0 Å². The Morgan fingerprint density at radius 1 is 1.40 bits per heavy atom. The standard InChI is InChI=1S/C24H23Cl2FN4O3S/c1-3-18(33)30-7-8-31(12-32)14(11-30)6-9-34-22-13(2)10-16(25)19(20(22)26)15-4-5-17(27)23-21(15)29-24(28)35-23/h3-5,10,12,14H,1,6-9,11H2,2H3,(H2,28,29). The molecule has 1 aromatic heterocycles. The molecule has 7 nitrogen and oxygen atoms in total. The molecule has 2 N–H and O–H groups in total. The highest BCUT2D eigenvalue weighted by molar-refractivity contribution is 7.22. The lowest BCUT2D eigenvalue weighted by Crippen LogP contribution is -2.54. The number of anilines is 1. The van der Waals surface area contributed by atoms with Gasteiger partial charge < -0.3 is 20.3 Å². The number of fused-ring (bicyclic) bond motifs is 1. The zero-order chi connectivity index (χ0) is 25.3. The molecule has 184 valence electrons. The van der Waals surface area contributed by atoms with Crippen LogP contribution in [0.5, 0.6) is 5.75 Å². The molecule has 35 heavy (non-hydrogen) atoms. The van der Waals surface area contributed by atoms with Crippen LogP contribution in [0.2, 0.25) is 10.0 Å². The first-order chi connectivity index (χ1) is 16.7. The molecule has 0 radical (unpaired) electrons. The molecule has 0 spiro atoms. The van der Waals surface area contributed by atoms with Gasteiger partial charge in [-0.1, -0.05) is 41.1 Å². The van der Waals surface area contributed by atoms with Gasteiger partial charge in [0.05, 0.1) is 32.9 Å². The number of carbonyl (C=O) groups excluding carboxylic acids is 2. The van der Waals surface area contributed by atoms with Gasteiger partial charge in [-0.2, -0.15) is 0 Å². The van der Waals surface area contributed by atoms with E-state index in [-0.39, 0.29) is 28.7 Å². The monoisotopic (exact) mass is 536 g/mol. The van der Waals surface area contributed by atoms with E-state index in [0.717, 1.165) is 23.3 Å². The van der Waals surface area contributed by atoms with Crippen LogP contribution in [-0.2, 0) is 9.59 Å². The predicted octanol–water partition coefficient (Wildman–Crippen LogP) is 4.92. The van der Waals surface area contributed by atoms with Crippen molar-refractivity contribution in [1.29, 1.82) is 0 Å². The summed E-state index contributed by atoms with van der Waals surface area (Å²) in [6.07, 6.45) is 2.54. The van der Waals surface area contributed by atoms with Crippen molar-refractivity contribution in [1.82, 2.24) is 14.8 Å². The van der Waals surface area contributed by atoms with Crippen LogP contribution in [0.25, 0.3) is 21.3 Å². The van der Waals surface area contributed by atoms with Crippen molar-refractivity contribution < 1.29 is 18.7 Å². The molecular formula is C24H23Cl2FN4O3S. The van der Waals surface area contributed by atoms with Crippen LogP contribution in [-0.4, -0.2) is 59.4 Å². The Morgan fingerprint density at radius 2 is 2.17 bits per heavy atom. The maximum absolute atomic E-state index is 14.3. The second-order valence-corrected chi connectivity index (χ2v) is 9.96. The average Bonchev–Trinajstić information content (AvgIpc) is 3.24. The highest BCUT2D eigenvalue weighted by atomic mass is 35.5. The molecular weight excluding hydrogens is 514 g/mol. The van der Waals surface area contributed by atoms with Crippen molar-refractivity contribution >= 4 is 62.2 Å². The SMILES string of the molecule is C=CC(=O)N1CCN(C=O)C(CCOc2c(C)cc(Cl)c(-c3ccc(F)c4sc(N)nc34)c2Cl)C1. The smallest absolute Gasteiger partial charge is 0.246 e. The number of thiazole rings is 1. The van der Waals surface area contributed by atoms with Crippen LogP contribution in [0.15, 0.2) is 30.9 Å². The van der Waals surface area contributed by atoms with Crippen molar-refractivity contribution in [3.8, 4) is 16.9 Å². The van der Waals surface area contributed by atoms with Crippen molar-refractivity contribution in [2.24, 2.45) is 0 Å². The molecule has 0 saturated carbocycles. The fourth-order valence-electron chi connectivity index (χ4n) is 4.23. The van der Waals surface area contributed by atoms with Gasteiger partial charge in [0.2, 0.25) is 12.3 Å². The molecule has 1 unspecified atom stereocenters. The molecule has 2 amide bonds. The van der Waals surface area contributed by atoms with E-state index in [2.05, 4.69) is 11.6 Å². The Kier molecular flexibility index (Phi) is 7.49. The van der Waals surface area contributed by atoms with Crippen molar-refractivity contribution in [3.63, 3.8) is 0 Å². The number of benzene rings is 2. The quantitative estimate of drug-likeness (QED) is 0.341. The minimum atomic E-state index is -0.426. The second-order valence-electron chi connectivity index (χ2n) is 8.14. The summed E-state index contributed by atoms with van der Waals surface area (Å²) in [5.41, 5.74) is 7.94. The van der Waals surface area contributed by atoms with Gasteiger partial charge in [0.1, 0.15) is 11.6 Å². The van der Waals surface area contributed by atoms with Crippen LogP contribution in [0.4, 0.5) is 9.52 Å². The van der Waals surface area contributed by atoms with E-state index in [1.165, 1.54) is 12.1 Å². The molecule has 1 saturated heterocycles. The Labute approximate surface area is 215 Å². The Hall–Kier alpha value is -2.88. The number of halogens is 3. The highest BCUT2D eigenvalue weighted by Crippen LogP contribution is 2.46. The fourth-order valence-corrected chi connectivity index (χ4v) is 5.81. The van der Waals surface area contributed by atoms with Gasteiger partial charge in [0.15, 0.2) is 5.13 Å². The van der Waals surface area contributed by atoms with Crippen molar-refractivity contribution in [2.75, 3.05) is 32.0 Å². The molecule has 3 aromatic rings. The Balaban J connectivity index is 1.60. The third kappa shape index (κ3) is 4.94. The number of ether oxygens (including phenoxy) is 1. The van der Waals surface area contributed by atoms with E-state index in [1.54, 1.807) is 21.9 Å². The van der Waals surface area contributed by atoms with E-state index in [0.29, 0.717) is 58.2 Å². The third-order valence-electron chi connectivity index (χ3n) is 5.99. The predicted molar refractivity (Wildman–Crippen MR) is 138 cm³/mol. The summed E-state index contributed by atoms with van der Waals surface area (Å²) in [4.78, 5) is 31.1. The van der Waals surface area contributed by atoms with Gasteiger partial charge in [0, 0.05) is 37.2 Å². The van der Waals surface area contributed by atoms with Gasteiger partial charge in [-0.15, -0.1) is 0 Å². The van der Waals surface area contributed by atoms with Gasteiger partial charge in [-0.05, 0) is 36.8 Å². The van der Waals surface area contributed by atoms with E-state index in [4.69, 9.17) is 33.7 Å². The summed E-state index contributed by atoms with van der Waals surface area (Å²) in [6.45, 7) is 6.89. The van der Waals surface area contributed by atoms with E-state index < -0.39 is 5.82 Å². The Bertz CT molecular complexity index is 1320. The third-order valence-corrected chi connectivity index (χ3v) is 7.54. The molecule has 4 rings (SSSR count). The number of nitrogens with zero attached hydrogens (tertiary/aromatic N) is 3. The number of aromatic nitrogens is 1. The number of carbonyl (C=O) groups is 2. The summed E-state index contributed by atoms with van der Waals surface area (Å²) in [5.74, 6) is -0.166. The molecule has 2 aromatic carbocycles. The van der Waals surface area contributed by atoms with E-state index >= 15 is 0 Å². The zero-order valence-corrected chi connectivity index (χ0v) is 21.2. The summed E-state index contributed by atoms with van der Waals surface area (Å²) < 4.78 is 20.7. The molecule has 2 heterocycles. The number of nitrogens with two attached hydrogens (primary N) is 1. The summed E-state index contributed by atoms with van der Waals surface area (Å²) in [5, 5.41) is 0.879. The lowest BCUT2D eigenvalue weighted by molar-refractivity contribution is -0.133. The number of hydrogen-bond acceptors (Lipinski definition) is 6. The molecule has 1 fully saturated rings. The number of amides is 2. The molecule has 1 aliphatic rings. The van der Waals surface area contributed by atoms with Gasteiger partial charge in [-0.25, -0.2) is 9.37 Å². The minimum Gasteiger partial charge on any atom is -0.492 e. The van der Waals surface area contributed by atoms with Crippen LogP contribution < -0.4 is 10.5 Å². The molecule has 1 atom stereocenters. The summed E-state index contributed by atoms with van der Waals surface area (Å²) in [6, 6.07) is 4.42. The first kappa shape index (κ1) is 25.2. The number of piperazine rings is 1. The van der Waals surface area contributed by atoms with Crippen LogP contribution >= 0.6 is 34.5 Å². The van der Waals surface area contributed by atoms with Crippen molar-refractivity contribution in [3.05, 3.63) is 52.3 Å². The summed E-state index contributed by atoms with van der Waals surface area (Å²) in [7, 11) is 0. The van der Waals surface area contributed by atoms with Gasteiger partial charge in [0.25, 0.3) is 0 Å². The van der Waals surface area contributed by atoms with Crippen molar-refractivity contribution in [2.45, 2.75) is 19.4 Å². The summed E-state index contributed by atoms with van der Waals surface area (Å²) >= 11 is 14.4. The normalized spacial score (nSPS) is 15.9. The zero-order valence-electron chi connectivity index (χ0n) is 18.9. The van der Waals surface area contributed by atoms with E-state index in [9.17, 15) is 14.0 Å². The topological polar surface area (TPSA) is 88.8 Å². The maximum atomic E-state index is 14.3. The fraction of sp³-hybridized carbons (Fsp3) is 0.292. The first-order valence-corrected chi connectivity index (χ1v) is 12.4. The second kappa shape index (κ2) is 10.4. The van der Waals surface area contributed by atoms with Crippen LogP contribution in [0.1, 0.15) is 12.0 Å². The number of aryl methyl sites for hydroxylation is 1. The highest BCUT2D eigenvalue weighted by Gasteiger charge is 2.28. The lowest BCUT2D eigenvalue weighted by atomic mass is 10.0. The van der Waals surface area contributed by atoms with E-state index in [1.807, 2.05) is 6.92 Å². The minimum absolute atomic E-state index is 0.170. The molecule has 11 heteroatoms.